The summed E-state index contributed by atoms with van der Waals surface area (Å²) in [5.41, 5.74) is 0.958. The zero-order valence-corrected chi connectivity index (χ0v) is 14.4. The van der Waals surface area contributed by atoms with E-state index in [1.807, 2.05) is 0 Å². The van der Waals surface area contributed by atoms with Crippen molar-refractivity contribution in [1.29, 1.82) is 0 Å². The number of carbonyl (C=O) groups is 2. The SMILES string of the molecule is C=C(C)C(=O)OC1CC2CCC1(C)C2(C)C.C=CC(=O)OC. The van der Waals surface area contributed by atoms with Gasteiger partial charge in [0.2, 0.25) is 0 Å². The summed E-state index contributed by atoms with van der Waals surface area (Å²) < 4.78 is 9.75. The molecule has 0 spiro atoms. The number of carbonyl (C=O) groups excluding carboxylic acids is 2. The summed E-state index contributed by atoms with van der Waals surface area (Å²) in [5.74, 6) is 0.0880. The molecule has 0 radical (unpaired) electrons. The van der Waals surface area contributed by atoms with Crippen LogP contribution >= 0.6 is 0 Å². The van der Waals surface area contributed by atoms with E-state index in [0.29, 0.717) is 16.9 Å². The van der Waals surface area contributed by atoms with Gasteiger partial charge in [0.15, 0.2) is 0 Å². The molecule has 0 amide bonds. The van der Waals surface area contributed by atoms with Crippen molar-refractivity contribution in [3.8, 4) is 0 Å². The van der Waals surface area contributed by atoms with E-state index in [2.05, 4.69) is 38.7 Å². The molecule has 2 bridgehead atoms. The van der Waals surface area contributed by atoms with Crippen molar-refractivity contribution in [1.82, 2.24) is 0 Å². The molecule has 0 saturated heterocycles. The average molecular weight is 308 g/mol. The second-order valence-electron chi connectivity index (χ2n) is 7.01. The molecule has 2 rings (SSSR count). The highest BCUT2D eigenvalue weighted by Gasteiger charge is 2.62. The highest BCUT2D eigenvalue weighted by Crippen LogP contribution is 2.66. The number of ether oxygens (including phenoxy) is 2. The molecule has 4 heteroatoms. The predicted molar refractivity (Wildman–Crippen MR) is 86.1 cm³/mol. The Hall–Kier alpha value is -1.58. The lowest BCUT2D eigenvalue weighted by Gasteiger charge is -2.38. The van der Waals surface area contributed by atoms with Gasteiger partial charge in [-0.2, -0.15) is 0 Å². The van der Waals surface area contributed by atoms with Gasteiger partial charge in [0.25, 0.3) is 0 Å². The molecule has 2 fully saturated rings. The van der Waals surface area contributed by atoms with Crippen LogP contribution in [0.4, 0.5) is 0 Å². The maximum absolute atomic E-state index is 11.6. The molecule has 0 aromatic heterocycles. The number of rotatable bonds is 3. The Morgan fingerprint density at radius 2 is 1.86 bits per heavy atom. The van der Waals surface area contributed by atoms with Crippen LogP contribution in [0.25, 0.3) is 0 Å². The molecule has 22 heavy (non-hydrogen) atoms. The predicted octanol–water partition coefficient (Wildman–Crippen LogP) is 3.67. The summed E-state index contributed by atoms with van der Waals surface area (Å²) >= 11 is 0. The Balaban J connectivity index is 0.000000346. The second kappa shape index (κ2) is 6.67. The first-order valence-electron chi connectivity index (χ1n) is 7.67. The van der Waals surface area contributed by atoms with Gasteiger partial charge in [-0.05, 0) is 37.5 Å². The first kappa shape index (κ1) is 18.5. The minimum Gasteiger partial charge on any atom is -0.466 e. The third-order valence-electron chi connectivity index (χ3n) is 5.68. The van der Waals surface area contributed by atoms with Crippen LogP contribution in [0.5, 0.6) is 0 Å². The van der Waals surface area contributed by atoms with Crippen LogP contribution in [0.2, 0.25) is 0 Å². The van der Waals surface area contributed by atoms with Crippen molar-refractivity contribution in [3.63, 3.8) is 0 Å². The van der Waals surface area contributed by atoms with E-state index in [9.17, 15) is 9.59 Å². The summed E-state index contributed by atoms with van der Waals surface area (Å²) in [5, 5.41) is 0. The standard InChI is InChI=1S/C14H22O2.C4H6O2/c1-9(2)12(15)16-11-8-10-6-7-14(11,5)13(10,3)4;1-3-4(5)6-2/h10-11H,1,6-8H2,2-5H3;3H,1H2,2H3. The molecule has 3 atom stereocenters. The smallest absolute Gasteiger partial charge is 0.333 e. The van der Waals surface area contributed by atoms with Crippen molar-refractivity contribution in [3.05, 3.63) is 24.8 Å². The largest absolute Gasteiger partial charge is 0.466 e. The molecule has 3 unspecified atom stereocenters. The van der Waals surface area contributed by atoms with E-state index in [-0.39, 0.29) is 17.5 Å². The molecule has 0 heterocycles. The zero-order valence-electron chi connectivity index (χ0n) is 14.4. The van der Waals surface area contributed by atoms with Gasteiger partial charge in [-0.25, -0.2) is 9.59 Å². The molecule has 2 aliphatic rings. The Morgan fingerprint density at radius 1 is 1.27 bits per heavy atom. The van der Waals surface area contributed by atoms with E-state index in [4.69, 9.17) is 4.74 Å². The third kappa shape index (κ3) is 3.26. The fourth-order valence-corrected chi connectivity index (χ4v) is 3.62. The van der Waals surface area contributed by atoms with Crippen LogP contribution in [0.1, 0.15) is 47.0 Å². The van der Waals surface area contributed by atoms with Crippen LogP contribution in [0, 0.1) is 16.7 Å². The minimum absolute atomic E-state index is 0.0884. The summed E-state index contributed by atoms with van der Waals surface area (Å²) in [7, 11) is 1.31. The molecular formula is C18H28O4. The molecular weight excluding hydrogens is 280 g/mol. The van der Waals surface area contributed by atoms with Crippen LogP contribution in [-0.4, -0.2) is 25.2 Å². The van der Waals surface area contributed by atoms with E-state index in [1.54, 1.807) is 6.92 Å². The van der Waals surface area contributed by atoms with Gasteiger partial charge < -0.3 is 9.47 Å². The summed E-state index contributed by atoms with van der Waals surface area (Å²) in [6.07, 6.45) is 4.69. The lowest BCUT2D eigenvalue weighted by Crippen LogP contribution is -2.38. The quantitative estimate of drug-likeness (QED) is 0.589. The van der Waals surface area contributed by atoms with Gasteiger partial charge in [-0.1, -0.05) is 33.9 Å². The molecule has 0 aliphatic heterocycles. The van der Waals surface area contributed by atoms with Crippen LogP contribution in [-0.2, 0) is 19.1 Å². The van der Waals surface area contributed by atoms with E-state index in [1.165, 1.54) is 20.0 Å². The van der Waals surface area contributed by atoms with E-state index in [0.717, 1.165) is 12.5 Å². The maximum atomic E-state index is 11.6. The maximum Gasteiger partial charge on any atom is 0.333 e. The highest BCUT2D eigenvalue weighted by atomic mass is 16.5. The first-order valence-corrected chi connectivity index (χ1v) is 7.67. The Kier molecular flexibility index (Phi) is 5.60. The average Bonchev–Trinajstić information content (AvgIpc) is 2.80. The number of methoxy groups -OCH3 is 1. The Morgan fingerprint density at radius 3 is 2.14 bits per heavy atom. The van der Waals surface area contributed by atoms with Gasteiger partial charge in [-0.15, -0.1) is 0 Å². The van der Waals surface area contributed by atoms with Gasteiger partial charge in [-0.3, -0.25) is 0 Å². The fraction of sp³-hybridized carbons (Fsp3) is 0.667. The summed E-state index contributed by atoms with van der Waals surface area (Å²) in [6.45, 7) is 15.4. The number of hydrogen-bond donors (Lipinski definition) is 0. The van der Waals surface area contributed by atoms with E-state index < -0.39 is 5.97 Å². The van der Waals surface area contributed by atoms with Crippen molar-refractivity contribution >= 4 is 11.9 Å². The van der Waals surface area contributed by atoms with Crippen LogP contribution in [0.3, 0.4) is 0 Å². The second-order valence-corrected chi connectivity index (χ2v) is 7.01. The summed E-state index contributed by atoms with van der Waals surface area (Å²) in [6, 6.07) is 0. The topological polar surface area (TPSA) is 52.6 Å². The molecule has 2 aliphatic carbocycles. The highest BCUT2D eigenvalue weighted by molar-refractivity contribution is 5.87. The van der Waals surface area contributed by atoms with Gasteiger partial charge >= 0.3 is 11.9 Å². The zero-order chi connectivity index (χ0) is 17.1. The number of fused-ring (bicyclic) bond motifs is 2. The first-order chi connectivity index (χ1) is 10.1. The van der Waals surface area contributed by atoms with Gasteiger partial charge in [0.05, 0.1) is 7.11 Å². The Bertz CT molecular complexity index is 477. The van der Waals surface area contributed by atoms with Crippen molar-refractivity contribution in [2.75, 3.05) is 7.11 Å². The molecule has 0 aromatic carbocycles. The molecule has 4 nitrogen and oxygen atoms in total. The lowest BCUT2D eigenvalue weighted by molar-refractivity contribution is -0.151. The monoisotopic (exact) mass is 308 g/mol. The fourth-order valence-electron chi connectivity index (χ4n) is 3.62. The van der Waals surface area contributed by atoms with Crippen molar-refractivity contribution < 1.29 is 19.1 Å². The van der Waals surface area contributed by atoms with Crippen molar-refractivity contribution in [2.45, 2.75) is 53.1 Å². The normalized spacial score (nSPS) is 30.8. The number of esters is 2. The van der Waals surface area contributed by atoms with Crippen molar-refractivity contribution in [2.24, 2.45) is 16.7 Å². The third-order valence-corrected chi connectivity index (χ3v) is 5.68. The number of hydrogen-bond acceptors (Lipinski definition) is 4. The van der Waals surface area contributed by atoms with Gasteiger partial charge in [0, 0.05) is 17.1 Å². The molecule has 124 valence electrons. The Labute approximate surface area is 133 Å². The molecule has 0 N–H and O–H groups in total. The minimum atomic E-state index is -0.394. The van der Waals surface area contributed by atoms with Crippen LogP contribution < -0.4 is 0 Å². The molecule has 2 saturated carbocycles. The van der Waals surface area contributed by atoms with E-state index >= 15 is 0 Å². The lowest BCUT2D eigenvalue weighted by atomic mass is 9.70. The van der Waals surface area contributed by atoms with Crippen LogP contribution in [0.15, 0.2) is 24.8 Å². The molecule has 0 aromatic rings. The summed E-state index contributed by atoms with van der Waals surface area (Å²) in [4.78, 5) is 21.4. The van der Waals surface area contributed by atoms with Gasteiger partial charge in [0.1, 0.15) is 6.10 Å².